The van der Waals surface area contributed by atoms with E-state index in [1.165, 1.54) is 70.6 Å². The van der Waals surface area contributed by atoms with Crippen molar-refractivity contribution in [3.05, 3.63) is 11.6 Å². The third-order valence-corrected chi connectivity index (χ3v) is 9.22. The molecule has 1 nitrogen and oxygen atoms in total. The van der Waals surface area contributed by atoms with Crippen molar-refractivity contribution in [3.8, 4) is 0 Å². The first-order valence-corrected chi connectivity index (χ1v) is 11.1. The second-order valence-electron chi connectivity index (χ2n) is 10.1. The zero-order chi connectivity index (χ0) is 16.3. The molecule has 4 fully saturated rings. The van der Waals surface area contributed by atoms with E-state index >= 15 is 0 Å². The van der Waals surface area contributed by atoms with Gasteiger partial charge in [0.15, 0.2) is 0 Å². The van der Waals surface area contributed by atoms with E-state index in [4.69, 9.17) is 0 Å². The van der Waals surface area contributed by atoms with Crippen molar-refractivity contribution in [2.45, 2.75) is 82.6 Å². The minimum atomic E-state index is -0.0302. The maximum Gasteiger partial charge on any atom is 0.108 e. The van der Waals surface area contributed by atoms with Gasteiger partial charge in [0.25, 0.3) is 0 Å². The zero-order valence-electron chi connectivity index (χ0n) is 15.5. The molecule has 2 heteroatoms. The van der Waals surface area contributed by atoms with E-state index in [1.54, 1.807) is 0 Å². The molecule has 24 heavy (non-hydrogen) atoms. The average molecular weight is 326 g/mol. The van der Waals surface area contributed by atoms with E-state index in [-0.39, 0.29) is 6.10 Å². The van der Waals surface area contributed by atoms with Crippen molar-refractivity contribution < 1.29 is 5.11 Å². The summed E-state index contributed by atoms with van der Waals surface area (Å²) in [7, 11) is 2.27. The lowest BCUT2D eigenvalue weighted by Crippen LogP contribution is -2.47. The van der Waals surface area contributed by atoms with Gasteiger partial charge in [-0.3, -0.25) is 0 Å². The van der Waals surface area contributed by atoms with Crippen LogP contribution < -0.4 is 0 Å². The smallest absolute Gasteiger partial charge is 0.108 e. The van der Waals surface area contributed by atoms with Crippen LogP contribution >= 0.6 is 0 Å². The van der Waals surface area contributed by atoms with Crippen LogP contribution in [0.5, 0.6) is 0 Å². The molecule has 5 aliphatic carbocycles. The van der Waals surface area contributed by atoms with E-state index in [1.807, 2.05) is 5.57 Å². The van der Waals surface area contributed by atoms with Crippen molar-refractivity contribution in [1.82, 2.24) is 0 Å². The van der Waals surface area contributed by atoms with Crippen LogP contribution in [-0.2, 0) is 0 Å². The highest BCUT2D eigenvalue weighted by atomic mass is 16.3. The summed E-state index contributed by atoms with van der Waals surface area (Å²) < 4.78 is 0. The minimum Gasteiger partial charge on any atom is -0.393 e. The highest BCUT2D eigenvalue weighted by Gasteiger charge is 2.50. The maximum absolute atomic E-state index is 10.7. The average Bonchev–Trinajstić information content (AvgIpc) is 2.63. The summed E-state index contributed by atoms with van der Waals surface area (Å²) >= 11 is 0. The normalized spacial score (nSPS) is 53.9. The topological polar surface area (TPSA) is 20.2 Å². The fraction of sp³-hybridized carbons (Fsp3) is 0.909. The molecule has 7 unspecified atom stereocenters. The molecule has 0 heterocycles. The Balaban J connectivity index is 1.40. The molecule has 0 aromatic carbocycles. The molecular weight excluding hydrogens is 291 g/mol. The second-order valence-corrected chi connectivity index (χ2v) is 10.1. The number of allylic oxidation sites excluding steroid dienone is 2. The van der Waals surface area contributed by atoms with Gasteiger partial charge in [0, 0.05) is 0 Å². The van der Waals surface area contributed by atoms with E-state index < -0.39 is 0 Å². The standard InChI is InChI=1S/C22H35BO/c23-21-12-11-19-18-8-7-15-14-4-2-1-3-13(14)5-6-16(15)17(18)9-10-20(19)22(21)24/h8,13-17,19-22,24H,1-7,9-12,23H2/t13?,14?,15?,16?,17?,19?,20?,21-,22+/m1/s1. The van der Waals surface area contributed by atoms with Crippen molar-refractivity contribution >= 4 is 7.85 Å². The lowest BCUT2D eigenvalue weighted by atomic mass is 9.49. The molecule has 5 aliphatic rings. The lowest BCUT2D eigenvalue weighted by molar-refractivity contribution is -0.0166. The molecule has 0 aromatic rings. The van der Waals surface area contributed by atoms with Crippen LogP contribution in [0.2, 0.25) is 5.82 Å². The highest BCUT2D eigenvalue weighted by Crippen LogP contribution is 2.59. The predicted octanol–water partition coefficient (Wildman–Crippen LogP) is 4.37. The van der Waals surface area contributed by atoms with Crippen molar-refractivity contribution in [3.63, 3.8) is 0 Å². The highest BCUT2D eigenvalue weighted by molar-refractivity contribution is 6.12. The third-order valence-electron chi connectivity index (χ3n) is 9.22. The van der Waals surface area contributed by atoms with Gasteiger partial charge in [-0.25, -0.2) is 0 Å². The van der Waals surface area contributed by atoms with E-state index in [0.29, 0.717) is 11.7 Å². The molecule has 0 aromatic heterocycles. The number of aliphatic hydroxyl groups excluding tert-OH is 1. The number of hydrogen-bond acceptors (Lipinski definition) is 1. The molecule has 5 rings (SSSR count). The van der Waals surface area contributed by atoms with Gasteiger partial charge in [0.05, 0.1) is 6.10 Å². The van der Waals surface area contributed by atoms with Crippen molar-refractivity contribution in [1.29, 1.82) is 0 Å². The van der Waals surface area contributed by atoms with Gasteiger partial charge in [-0.1, -0.05) is 37.3 Å². The van der Waals surface area contributed by atoms with Crippen molar-refractivity contribution in [2.75, 3.05) is 0 Å². The summed E-state index contributed by atoms with van der Waals surface area (Å²) in [6, 6.07) is 0. The molecule has 0 amide bonds. The van der Waals surface area contributed by atoms with Gasteiger partial charge in [0.2, 0.25) is 0 Å². The van der Waals surface area contributed by atoms with E-state index in [2.05, 4.69) is 13.9 Å². The molecule has 0 saturated heterocycles. The Morgan fingerprint density at radius 2 is 1.50 bits per heavy atom. The third kappa shape index (κ3) is 2.38. The summed E-state index contributed by atoms with van der Waals surface area (Å²) in [5.74, 6) is 6.89. The zero-order valence-corrected chi connectivity index (χ0v) is 15.5. The van der Waals surface area contributed by atoms with Crippen LogP contribution in [-0.4, -0.2) is 19.1 Å². The Kier molecular flexibility index (Phi) is 4.12. The van der Waals surface area contributed by atoms with Gasteiger partial charge in [-0.15, -0.1) is 0 Å². The van der Waals surface area contributed by atoms with Gasteiger partial charge in [0.1, 0.15) is 7.85 Å². The maximum atomic E-state index is 10.7. The van der Waals surface area contributed by atoms with E-state index in [0.717, 1.165) is 35.5 Å². The Bertz CT molecular complexity index is 514. The quantitative estimate of drug-likeness (QED) is 0.518. The van der Waals surface area contributed by atoms with Crippen molar-refractivity contribution in [2.24, 2.45) is 41.4 Å². The van der Waals surface area contributed by atoms with Gasteiger partial charge < -0.3 is 5.11 Å². The fourth-order valence-electron chi connectivity index (χ4n) is 8.07. The number of rotatable bonds is 0. The Morgan fingerprint density at radius 3 is 2.42 bits per heavy atom. The summed E-state index contributed by atoms with van der Waals surface area (Å²) in [5.41, 5.74) is 1.83. The molecule has 0 bridgehead atoms. The molecular formula is C22H35BO. The van der Waals surface area contributed by atoms with Crippen LogP contribution in [0, 0.1) is 41.4 Å². The largest absolute Gasteiger partial charge is 0.393 e. The van der Waals surface area contributed by atoms with Crippen LogP contribution in [0.3, 0.4) is 0 Å². The number of hydrogen-bond donors (Lipinski definition) is 1. The Labute approximate surface area is 149 Å². The van der Waals surface area contributed by atoms with Gasteiger partial charge in [-0.2, -0.15) is 0 Å². The molecule has 0 radical (unpaired) electrons. The molecule has 0 spiro atoms. The van der Waals surface area contributed by atoms with E-state index in [9.17, 15) is 5.11 Å². The molecule has 9 atom stereocenters. The van der Waals surface area contributed by atoms with Gasteiger partial charge >= 0.3 is 0 Å². The second kappa shape index (κ2) is 6.18. The van der Waals surface area contributed by atoms with Crippen LogP contribution in [0.15, 0.2) is 11.6 Å². The molecule has 4 saturated carbocycles. The predicted molar refractivity (Wildman–Crippen MR) is 102 cm³/mol. The SMILES string of the molecule is B[C@@H]1CCC2C3=CCC4C5CCCCC5CCC4C3CCC2[C@@H]1O. The van der Waals surface area contributed by atoms with Gasteiger partial charge in [-0.05, 0) is 92.2 Å². The Hall–Kier alpha value is -0.235. The first-order valence-electron chi connectivity index (χ1n) is 11.1. The summed E-state index contributed by atoms with van der Waals surface area (Å²) in [6.07, 6.45) is 18.5. The number of fused-ring (bicyclic) bond motifs is 7. The van der Waals surface area contributed by atoms with Crippen LogP contribution in [0.4, 0.5) is 0 Å². The Morgan fingerprint density at radius 1 is 0.750 bits per heavy atom. The summed E-state index contributed by atoms with van der Waals surface area (Å²) in [4.78, 5) is 0. The summed E-state index contributed by atoms with van der Waals surface area (Å²) in [5, 5.41) is 10.7. The van der Waals surface area contributed by atoms with Crippen LogP contribution in [0.1, 0.15) is 70.6 Å². The molecule has 132 valence electrons. The summed E-state index contributed by atoms with van der Waals surface area (Å²) in [6.45, 7) is 0. The van der Waals surface area contributed by atoms with Crippen LogP contribution in [0.25, 0.3) is 0 Å². The monoisotopic (exact) mass is 326 g/mol. The lowest BCUT2D eigenvalue weighted by Gasteiger charge is -2.55. The molecule has 0 aliphatic heterocycles. The number of aliphatic hydroxyl groups is 1. The first-order chi connectivity index (χ1) is 11.7. The minimum absolute atomic E-state index is 0.0302. The molecule has 1 N–H and O–H groups in total. The first kappa shape index (κ1) is 16.0. The fourth-order valence-corrected chi connectivity index (χ4v) is 8.07.